The Morgan fingerprint density at radius 3 is 2.79 bits per heavy atom. The number of carbonyl (C=O) groups excluding carboxylic acids is 2. The van der Waals surface area contributed by atoms with Gasteiger partial charge in [0, 0.05) is 24.9 Å². The van der Waals surface area contributed by atoms with Crippen LogP contribution >= 0.6 is 11.3 Å². The standard InChI is InChI=1S/C17H19N3O3S/c1-11-10-24-17(18-11)19-16(22)13-7-15(21)20(9-13)8-12-3-5-14(23-2)6-4-12/h3-6,10,13H,7-9H2,1-2H3,(H,18,19,22). The number of anilines is 1. The zero-order valence-corrected chi connectivity index (χ0v) is 14.4. The summed E-state index contributed by atoms with van der Waals surface area (Å²) in [7, 11) is 1.62. The number of nitrogens with zero attached hydrogens (tertiary/aromatic N) is 2. The van der Waals surface area contributed by atoms with Crippen molar-refractivity contribution in [2.45, 2.75) is 19.9 Å². The summed E-state index contributed by atoms with van der Waals surface area (Å²) >= 11 is 1.39. The maximum atomic E-state index is 12.3. The number of nitrogens with one attached hydrogen (secondary N) is 1. The van der Waals surface area contributed by atoms with Crippen molar-refractivity contribution in [3.8, 4) is 5.75 Å². The predicted octanol–water partition coefficient (Wildman–Crippen LogP) is 2.45. The lowest BCUT2D eigenvalue weighted by molar-refractivity contribution is -0.128. The van der Waals surface area contributed by atoms with Gasteiger partial charge in [0.25, 0.3) is 0 Å². The highest BCUT2D eigenvalue weighted by atomic mass is 32.1. The van der Waals surface area contributed by atoms with Crippen molar-refractivity contribution >= 4 is 28.3 Å². The summed E-state index contributed by atoms with van der Waals surface area (Å²) in [6, 6.07) is 7.59. The van der Waals surface area contributed by atoms with Crippen molar-refractivity contribution in [2.75, 3.05) is 19.0 Å². The second-order valence-electron chi connectivity index (χ2n) is 5.81. The first-order chi connectivity index (χ1) is 11.5. The molecule has 24 heavy (non-hydrogen) atoms. The van der Waals surface area contributed by atoms with Crippen LogP contribution in [0.15, 0.2) is 29.6 Å². The summed E-state index contributed by atoms with van der Waals surface area (Å²) in [5.74, 6) is 0.304. The van der Waals surface area contributed by atoms with Gasteiger partial charge in [-0.3, -0.25) is 9.59 Å². The number of thiazole rings is 1. The van der Waals surface area contributed by atoms with Gasteiger partial charge in [-0.15, -0.1) is 11.3 Å². The lowest BCUT2D eigenvalue weighted by Gasteiger charge is -2.16. The Kier molecular flexibility index (Phi) is 4.80. The van der Waals surface area contributed by atoms with E-state index in [-0.39, 0.29) is 24.2 Å². The molecule has 1 aromatic carbocycles. The highest BCUT2D eigenvalue weighted by Crippen LogP contribution is 2.23. The van der Waals surface area contributed by atoms with Crippen molar-refractivity contribution in [1.82, 2.24) is 9.88 Å². The van der Waals surface area contributed by atoms with Crippen molar-refractivity contribution in [2.24, 2.45) is 5.92 Å². The average molecular weight is 345 g/mol. The van der Waals surface area contributed by atoms with Crippen molar-refractivity contribution in [3.63, 3.8) is 0 Å². The molecule has 3 rings (SSSR count). The largest absolute Gasteiger partial charge is 0.497 e. The van der Waals surface area contributed by atoms with E-state index in [2.05, 4.69) is 10.3 Å². The molecule has 2 aromatic rings. The fourth-order valence-electron chi connectivity index (χ4n) is 2.67. The van der Waals surface area contributed by atoms with Crippen LogP contribution in [-0.2, 0) is 16.1 Å². The molecule has 1 unspecified atom stereocenters. The van der Waals surface area contributed by atoms with Gasteiger partial charge in [0.15, 0.2) is 5.13 Å². The van der Waals surface area contributed by atoms with E-state index in [0.29, 0.717) is 18.2 Å². The van der Waals surface area contributed by atoms with E-state index in [4.69, 9.17) is 4.74 Å². The molecule has 1 saturated heterocycles. The van der Waals surface area contributed by atoms with Crippen LogP contribution in [0.5, 0.6) is 5.75 Å². The Labute approximate surface area is 144 Å². The van der Waals surface area contributed by atoms with Gasteiger partial charge in [0.2, 0.25) is 11.8 Å². The molecular formula is C17H19N3O3S. The summed E-state index contributed by atoms with van der Waals surface area (Å²) in [5, 5.41) is 5.26. The van der Waals surface area contributed by atoms with Gasteiger partial charge in [0.1, 0.15) is 5.75 Å². The Morgan fingerprint density at radius 1 is 1.42 bits per heavy atom. The number of amides is 2. The number of methoxy groups -OCH3 is 1. The van der Waals surface area contributed by atoms with Crippen LogP contribution in [0, 0.1) is 12.8 Å². The number of rotatable bonds is 5. The third kappa shape index (κ3) is 3.73. The van der Waals surface area contributed by atoms with Crippen LogP contribution in [0.1, 0.15) is 17.7 Å². The highest BCUT2D eigenvalue weighted by Gasteiger charge is 2.34. The van der Waals surface area contributed by atoms with Gasteiger partial charge >= 0.3 is 0 Å². The summed E-state index contributed by atoms with van der Waals surface area (Å²) in [6.07, 6.45) is 0.242. The summed E-state index contributed by atoms with van der Waals surface area (Å²) < 4.78 is 5.13. The molecule has 1 aliphatic heterocycles. The van der Waals surface area contributed by atoms with E-state index in [1.807, 2.05) is 36.6 Å². The molecule has 1 atom stereocenters. The van der Waals surface area contributed by atoms with E-state index in [1.165, 1.54) is 11.3 Å². The molecule has 0 spiro atoms. The Hall–Kier alpha value is -2.41. The number of benzene rings is 1. The minimum absolute atomic E-state index is 0.00119. The van der Waals surface area contributed by atoms with E-state index >= 15 is 0 Å². The second kappa shape index (κ2) is 7.00. The molecule has 1 N–H and O–H groups in total. The fourth-order valence-corrected chi connectivity index (χ4v) is 3.36. The summed E-state index contributed by atoms with van der Waals surface area (Å²) in [6.45, 7) is 2.81. The van der Waals surface area contributed by atoms with E-state index < -0.39 is 0 Å². The van der Waals surface area contributed by atoms with Gasteiger partial charge in [0.05, 0.1) is 18.7 Å². The zero-order valence-electron chi connectivity index (χ0n) is 13.6. The number of aromatic nitrogens is 1. The van der Waals surface area contributed by atoms with Crippen LogP contribution in [0.2, 0.25) is 0 Å². The first-order valence-electron chi connectivity index (χ1n) is 7.69. The van der Waals surface area contributed by atoms with Crippen LogP contribution in [0.3, 0.4) is 0 Å². The molecule has 1 aliphatic rings. The third-order valence-corrected chi connectivity index (χ3v) is 4.84. The summed E-state index contributed by atoms with van der Waals surface area (Å²) in [5.41, 5.74) is 1.89. The van der Waals surface area contributed by atoms with Gasteiger partial charge in [-0.25, -0.2) is 4.98 Å². The van der Waals surface area contributed by atoms with E-state index in [0.717, 1.165) is 17.0 Å². The quantitative estimate of drug-likeness (QED) is 0.903. The molecule has 2 heterocycles. The molecule has 2 amide bonds. The molecule has 0 saturated carbocycles. The Balaban J connectivity index is 1.59. The van der Waals surface area contributed by atoms with Crippen molar-refractivity contribution < 1.29 is 14.3 Å². The Morgan fingerprint density at radius 2 is 2.17 bits per heavy atom. The maximum Gasteiger partial charge on any atom is 0.231 e. The lowest BCUT2D eigenvalue weighted by atomic mass is 10.1. The zero-order chi connectivity index (χ0) is 17.1. The van der Waals surface area contributed by atoms with Crippen molar-refractivity contribution in [3.05, 3.63) is 40.9 Å². The Bertz CT molecular complexity index is 742. The highest BCUT2D eigenvalue weighted by molar-refractivity contribution is 7.13. The number of hydrogen-bond acceptors (Lipinski definition) is 5. The minimum atomic E-state index is -0.333. The molecule has 1 aromatic heterocycles. The van der Waals surface area contributed by atoms with Crippen LogP contribution < -0.4 is 10.1 Å². The molecule has 0 bridgehead atoms. The molecule has 7 heteroatoms. The maximum absolute atomic E-state index is 12.3. The van der Waals surface area contributed by atoms with Gasteiger partial charge in [-0.05, 0) is 24.6 Å². The lowest BCUT2D eigenvalue weighted by Crippen LogP contribution is -2.28. The first kappa shape index (κ1) is 16.4. The SMILES string of the molecule is COc1ccc(CN2CC(C(=O)Nc3nc(C)cs3)CC2=O)cc1. The monoisotopic (exact) mass is 345 g/mol. The fraction of sp³-hybridized carbons (Fsp3) is 0.353. The van der Waals surface area contributed by atoms with E-state index in [9.17, 15) is 9.59 Å². The normalized spacial score (nSPS) is 17.2. The van der Waals surface area contributed by atoms with Gasteiger partial charge < -0.3 is 15.0 Å². The van der Waals surface area contributed by atoms with Crippen LogP contribution in [-0.4, -0.2) is 35.4 Å². The van der Waals surface area contributed by atoms with Crippen LogP contribution in [0.4, 0.5) is 5.13 Å². The molecule has 1 fully saturated rings. The smallest absolute Gasteiger partial charge is 0.231 e. The molecule has 0 aliphatic carbocycles. The van der Waals surface area contributed by atoms with Crippen LogP contribution in [0.25, 0.3) is 0 Å². The first-order valence-corrected chi connectivity index (χ1v) is 8.57. The number of hydrogen-bond donors (Lipinski definition) is 1. The average Bonchev–Trinajstić information content (AvgIpc) is 3.14. The molecular weight excluding hydrogens is 326 g/mol. The predicted molar refractivity (Wildman–Crippen MR) is 92.0 cm³/mol. The second-order valence-corrected chi connectivity index (χ2v) is 6.66. The van der Waals surface area contributed by atoms with Crippen molar-refractivity contribution in [1.29, 1.82) is 0 Å². The number of ether oxygens (including phenoxy) is 1. The number of carbonyl (C=O) groups is 2. The summed E-state index contributed by atoms with van der Waals surface area (Å²) in [4.78, 5) is 30.4. The van der Waals surface area contributed by atoms with Gasteiger partial charge in [-0.1, -0.05) is 12.1 Å². The molecule has 0 radical (unpaired) electrons. The number of likely N-dealkylation sites (tertiary alicyclic amines) is 1. The third-order valence-electron chi connectivity index (χ3n) is 3.97. The molecule has 126 valence electrons. The minimum Gasteiger partial charge on any atom is -0.497 e. The van der Waals surface area contributed by atoms with E-state index in [1.54, 1.807) is 12.0 Å². The topological polar surface area (TPSA) is 71.5 Å². The molecule has 6 nitrogen and oxygen atoms in total. The number of aryl methyl sites for hydroxylation is 1. The van der Waals surface area contributed by atoms with Gasteiger partial charge in [-0.2, -0.15) is 0 Å².